The maximum Gasteiger partial charge on any atom is 0.0955 e. The van der Waals surface area contributed by atoms with Crippen LogP contribution in [0.5, 0.6) is 0 Å². The molecule has 0 bridgehead atoms. The maximum atomic E-state index is 5.88. The molecule has 1 unspecified atom stereocenters. The number of nitrogens with two attached hydrogens (primary N) is 1. The minimum Gasteiger partial charge on any atom is -0.253 e. The van der Waals surface area contributed by atoms with E-state index in [1.54, 1.807) is 0 Å². The van der Waals surface area contributed by atoms with Gasteiger partial charge in [0.2, 0.25) is 0 Å². The molecular weight excluding hydrogens is 174 g/mol. The Labute approximate surface area is 90.0 Å². The number of rotatable bonds is 8. The highest BCUT2D eigenvalue weighted by molar-refractivity contribution is 4.56. The molecule has 0 aromatic carbocycles. The first-order chi connectivity index (χ1) is 6.49. The van der Waals surface area contributed by atoms with E-state index in [1.807, 2.05) is 0 Å². The molecule has 1 atom stereocenters. The molecule has 0 aliphatic carbocycles. The predicted molar refractivity (Wildman–Crippen MR) is 63.7 cm³/mol. The lowest BCUT2D eigenvalue weighted by molar-refractivity contribution is -0.902. The zero-order valence-electron chi connectivity index (χ0n) is 10.6. The summed E-state index contributed by atoms with van der Waals surface area (Å²) in [5, 5.41) is 0. The Kier molecular flexibility index (Phi) is 7.20. The molecule has 86 valence electrons. The summed E-state index contributed by atoms with van der Waals surface area (Å²) in [5.74, 6) is 6.83. The van der Waals surface area contributed by atoms with Crippen molar-refractivity contribution >= 4 is 0 Å². The van der Waals surface area contributed by atoms with Gasteiger partial charge in [-0.3, -0.25) is 4.59 Å². The molecule has 0 radical (unpaired) electrons. The van der Waals surface area contributed by atoms with Gasteiger partial charge in [-0.2, -0.15) is 5.84 Å². The van der Waals surface area contributed by atoms with E-state index in [2.05, 4.69) is 27.9 Å². The van der Waals surface area contributed by atoms with Crippen LogP contribution in [0, 0.1) is 5.92 Å². The minimum absolute atomic E-state index is 0.616. The van der Waals surface area contributed by atoms with Gasteiger partial charge in [-0.1, -0.05) is 39.5 Å². The molecule has 0 rings (SSSR count). The van der Waals surface area contributed by atoms with Gasteiger partial charge in [0.1, 0.15) is 0 Å². The summed E-state index contributed by atoms with van der Waals surface area (Å²) in [5.41, 5.74) is 0. The van der Waals surface area contributed by atoms with Crippen LogP contribution >= 0.6 is 0 Å². The third-order valence-corrected chi connectivity index (χ3v) is 2.87. The molecule has 2 N–H and O–H groups in total. The van der Waals surface area contributed by atoms with Gasteiger partial charge >= 0.3 is 0 Å². The lowest BCUT2D eigenvalue weighted by Gasteiger charge is -2.22. The van der Waals surface area contributed by atoms with Crippen LogP contribution in [0.4, 0.5) is 0 Å². The Morgan fingerprint density at radius 3 is 2.14 bits per heavy atom. The van der Waals surface area contributed by atoms with Crippen LogP contribution in [-0.2, 0) is 0 Å². The largest absolute Gasteiger partial charge is 0.253 e. The zero-order chi connectivity index (χ0) is 11.0. The summed E-state index contributed by atoms with van der Waals surface area (Å²) in [7, 11) is 4.12. The Morgan fingerprint density at radius 2 is 1.71 bits per heavy atom. The Hall–Kier alpha value is -0.0800. The highest BCUT2D eigenvalue weighted by atomic mass is 17.0. The minimum atomic E-state index is 0.616. The van der Waals surface area contributed by atoms with Crippen molar-refractivity contribution in [3.63, 3.8) is 0 Å². The molecule has 2 nitrogen and oxygen atoms in total. The van der Waals surface area contributed by atoms with E-state index in [0.717, 1.165) is 12.5 Å². The van der Waals surface area contributed by atoms with E-state index < -0.39 is 0 Å². The van der Waals surface area contributed by atoms with Crippen molar-refractivity contribution in [1.82, 2.24) is 0 Å². The van der Waals surface area contributed by atoms with Gasteiger partial charge in [0, 0.05) is 0 Å². The molecule has 0 heterocycles. The zero-order valence-corrected chi connectivity index (χ0v) is 10.6. The van der Waals surface area contributed by atoms with Crippen LogP contribution in [0.15, 0.2) is 0 Å². The smallest absolute Gasteiger partial charge is 0.0955 e. The molecule has 0 amide bonds. The maximum absolute atomic E-state index is 5.88. The monoisotopic (exact) mass is 203 g/mol. The summed E-state index contributed by atoms with van der Waals surface area (Å²) in [6, 6.07) is 0. The number of hydrogen-bond donors (Lipinski definition) is 1. The second kappa shape index (κ2) is 7.24. The number of quaternary nitrogens is 1. The standard InChI is InChI=1S/C12H29N2/c1-5-9-12(6-2)10-7-8-11-14(3,4)13/h12H,5-11,13H2,1-4H3/q+1/i14+2. The van der Waals surface area contributed by atoms with Crippen LogP contribution in [0.1, 0.15) is 52.4 Å². The van der Waals surface area contributed by atoms with Gasteiger partial charge in [-0.05, 0) is 18.8 Å². The van der Waals surface area contributed by atoms with Crippen molar-refractivity contribution in [3.8, 4) is 0 Å². The van der Waals surface area contributed by atoms with Crippen LogP contribution in [-0.4, -0.2) is 25.2 Å². The lowest BCUT2D eigenvalue weighted by Crippen LogP contribution is -2.47. The van der Waals surface area contributed by atoms with Gasteiger partial charge in [0.25, 0.3) is 0 Å². The SMILES string of the molecule is CCCC(CC)CCCC[16N+](C)(C)N. The van der Waals surface area contributed by atoms with Crippen molar-refractivity contribution in [3.05, 3.63) is 0 Å². The molecule has 0 aliphatic rings. The van der Waals surface area contributed by atoms with E-state index in [4.69, 9.17) is 5.84 Å². The molecule has 0 aromatic heterocycles. The average molecular weight is 203 g/mol. The second-order valence-electron chi connectivity index (χ2n) is 5.06. The third-order valence-electron chi connectivity index (χ3n) is 2.87. The molecule has 0 saturated heterocycles. The van der Waals surface area contributed by atoms with Gasteiger partial charge in [-0.25, -0.2) is 0 Å². The first-order valence-electron chi connectivity index (χ1n) is 6.11. The van der Waals surface area contributed by atoms with Gasteiger partial charge in [-0.15, -0.1) is 0 Å². The highest BCUT2D eigenvalue weighted by Gasteiger charge is 2.09. The molecule has 0 fully saturated rings. The fourth-order valence-electron chi connectivity index (χ4n) is 1.91. The molecule has 0 saturated carbocycles. The molecule has 0 spiro atoms. The Balaban J connectivity index is 3.42. The Morgan fingerprint density at radius 1 is 1.07 bits per heavy atom. The Bertz CT molecular complexity index is 127. The normalized spacial score (nSPS) is 14.4. The van der Waals surface area contributed by atoms with Crippen LogP contribution in [0.3, 0.4) is 0 Å². The molecule has 2 heteroatoms. The van der Waals surface area contributed by atoms with Crippen LogP contribution in [0.25, 0.3) is 0 Å². The fraction of sp³-hybridized carbons (Fsp3) is 1.00. The molecule has 0 aliphatic heterocycles. The van der Waals surface area contributed by atoms with Gasteiger partial charge < -0.3 is 0 Å². The number of nitrogens with zero attached hydrogens (tertiary/aromatic N) is 1. The van der Waals surface area contributed by atoms with E-state index in [9.17, 15) is 0 Å². The van der Waals surface area contributed by atoms with Crippen molar-refractivity contribution < 1.29 is 4.59 Å². The summed E-state index contributed by atoms with van der Waals surface area (Å²) in [4.78, 5) is 0. The molecular formula is C12H29N2+. The fourth-order valence-corrected chi connectivity index (χ4v) is 1.91. The van der Waals surface area contributed by atoms with Crippen LogP contribution in [0.2, 0.25) is 0 Å². The first kappa shape index (κ1) is 13.9. The van der Waals surface area contributed by atoms with Crippen LogP contribution < -0.4 is 5.84 Å². The van der Waals surface area contributed by atoms with Crippen molar-refractivity contribution in [1.29, 1.82) is 0 Å². The first-order valence-corrected chi connectivity index (χ1v) is 6.11. The quantitative estimate of drug-likeness (QED) is 0.279. The number of unbranched alkanes of at least 4 members (excludes halogenated alkanes) is 1. The summed E-state index contributed by atoms with van der Waals surface area (Å²) >= 11 is 0. The predicted octanol–water partition coefficient (Wildman–Crippen LogP) is 2.93. The third kappa shape index (κ3) is 8.52. The van der Waals surface area contributed by atoms with E-state index in [-0.39, 0.29) is 0 Å². The molecule has 14 heavy (non-hydrogen) atoms. The number of hydrogen-bond acceptors (Lipinski definition) is 1. The van der Waals surface area contributed by atoms with Gasteiger partial charge in [0.05, 0.1) is 20.6 Å². The molecule has 0 aromatic rings. The van der Waals surface area contributed by atoms with Crippen molar-refractivity contribution in [2.24, 2.45) is 11.8 Å². The summed E-state index contributed by atoms with van der Waals surface area (Å²) < 4.78 is 0.616. The summed E-state index contributed by atoms with van der Waals surface area (Å²) in [6.07, 6.45) is 8.08. The topological polar surface area (TPSA) is 26.0 Å². The van der Waals surface area contributed by atoms with Crippen molar-refractivity contribution in [2.45, 2.75) is 52.4 Å². The van der Waals surface area contributed by atoms with Gasteiger partial charge in [0.15, 0.2) is 0 Å². The highest BCUT2D eigenvalue weighted by Crippen LogP contribution is 2.18. The lowest BCUT2D eigenvalue weighted by atomic mass is 9.95. The van der Waals surface area contributed by atoms with E-state index in [1.165, 1.54) is 38.5 Å². The van der Waals surface area contributed by atoms with E-state index in [0.29, 0.717) is 4.59 Å². The van der Waals surface area contributed by atoms with Crippen molar-refractivity contribution in [2.75, 3.05) is 20.6 Å². The average Bonchev–Trinajstić information content (AvgIpc) is 2.08. The second-order valence-corrected chi connectivity index (χ2v) is 5.06. The van der Waals surface area contributed by atoms with E-state index >= 15 is 0 Å². The summed E-state index contributed by atoms with van der Waals surface area (Å²) in [6.45, 7) is 5.69.